The van der Waals surface area contributed by atoms with Gasteiger partial charge < -0.3 is 32.1 Å². The number of hydrogen-bond acceptors (Lipinski definition) is 6. The van der Waals surface area contributed by atoms with E-state index in [0.29, 0.717) is 19.4 Å². The van der Waals surface area contributed by atoms with Crippen molar-refractivity contribution in [1.82, 2.24) is 15.5 Å². The fourth-order valence-corrected chi connectivity index (χ4v) is 2.83. The van der Waals surface area contributed by atoms with Crippen molar-refractivity contribution in [3.05, 3.63) is 0 Å². The Labute approximate surface area is 163 Å². The third-order valence-electron chi connectivity index (χ3n) is 4.60. The number of primary amides is 1. The van der Waals surface area contributed by atoms with Gasteiger partial charge in [0.05, 0.1) is 12.6 Å². The molecule has 1 fully saturated rings. The van der Waals surface area contributed by atoms with E-state index in [1.165, 1.54) is 4.90 Å². The van der Waals surface area contributed by atoms with Crippen LogP contribution < -0.4 is 22.1 Å². The van der Waals surface area contributed by atoms with E-state index in [2.05, 4.69) is 10.6 Å². The van der Waals surface area contributed by atoms with Gasteiger partial charge in [0.15, 0.2) is 0 Å². The van der Waals surface area contributed by atoms with Crippen LogP contribution in [0, 0.1) is 5.92 Å². The fraction of sp³-hybridized carbons (Fsp3) is 0.706. The van der Waals surface area contributed by atoms with Gasteiger partial charge in [-0.3, -0.25) is 19.2 Å². The van der Waals surface area contributed by atoms with Crippen LogP contribution in [0.2, 0.25) is 0 Å². The molecule has 0 spiro atoms. The molecule has 28 heavy (non-hydrogen) atoms. The molecule has 3 unspecified atom stereocenters. The van der Waals surface area contributed by atoms with E-state index < -0.39 is 47.7 Å². The Morgan fingerprint density at radius 1 is 1.21 bits per heavy atom. The summed E-state index contributed by atoms with van der Waals surface area (Å²) in [4.78, 5) is 60.2. The van der Waals surface area contributed by atoms with Crippen LogP contribution in [-0.2, 0) is 24.0 Å². The lowest BCUT2D eigenvalue weighted by molar-refractivity contribution is -0.144. The lowest BCUT2D eigenvalue weighted by Gasteiger charge is -2.26. The summed E-state index contributed by atoms with van der Waals surface area (Å²) in [5.41, 5.74) is 10.7. The van der Waals surface area contributed by atoms with Crippen molar-refractivity contribution in [2.45, 2.75) is 57.7 Å². The van der Waals surface area contributed by atoms with Crippen molar-refractivity contribution >= 4 is 29.6 Å². The molecular weight excluding hydrogens is 370 g/mol. The summed E-state index contributed by atoms with van der Waals surface area (Å²) >= 11 is 0. The SMILES string of the molecule is CC(C)C(N)C(=O)NCC(=O)N1CCCC1C(=O)NC(CCC(N)=O)C(=O)O. The van der Waals surface area contributed by atoms with Crippen molar-refractivity contribution in [3.63, 3.8) is 0 Å². The number of amides is 4. The van der Waals surface area contributed by atoms with Gasteiger partial charge in [0.2, 0.25) is 23.6 Å². The Hall–Kier alpha value is -2.69. The van der Waals surface area contributed by atoms with E-state index in [1.54, 1.807) is 13.8 Å². The predicted molar refractivity (Wildman–Crippen MR) is 98.6 cm³/mol. The van der Waals surface area contributed by atoms with Crippen molar-refractivity contribution < 1.29 is 29.1 Å². The number of carbonyl (C=O) groups excluding carboxylic acids is 4. The number of nitrogens with one attached hydrogen (secondary N) is 2. The van der Waals surface area contributed by atoms with E-state index in [-0.39, 0.29) is 25.3 Å². The van der Waals surface area contributed by atoms with Crippen LogP contribution in [0.1, 0.15) is 39.5 Å². The first kappa shape index (κ1) is 23.3. The smallest absolute Gasteiger partial charge is 0.326 e. The molecule has 0 aromatic heterocycles. The summed E-state index contributed by atoms with van der Waals surface area (Å²) in [6.45, 7) is 3.59. The number of carboxylic acid groups (broad SMARTS) is 1. The van der Waals surface area contributed by atoms with E-state index in [4.69, 9.17) is 11.5 Å². The van der Waals surface area contributed by atoms with Gasteiger partial charge in [-0.05, 0) is 25.2 Å². The van der Waals surface area contributed by atoms with Crippen LogP contribution in [0.25, 0.3) is 0 Å². The molecule has 1 aliphatic heterocycles. The lowest BCUT2D eigenvalue weighted by atomic mass is 10.1. The minimum Gasteiger partial charge on any atom is -0.480 e. The van der Waals surface area contributed by atoms with Crippen LogP contribution in [-0.4, -0.2) is 70.8 Å². The molecule has 0 aliphatic carbocycles. The molecule has 7 N–H and O–H groups in total. The molecule has 1 saturated heterocycles. The van der Waals surface area contributed by atoms with Gasteiger partial charge in [-0.2, -0.15) is 0 Å². The second-order valence-corrected chi connectivity index (χ2v) is 7.14. The summed E-state index contributed by atoms with van der Waals surface area (Å²) < 4.78 is 0. The summed E-state index contributed by atoms with van der Waals surface area (Å²) in [6, 6.07) is -2.85. The topological polar surface area (TPSA) is 185 Å². The standard InChI is InChI=1S/C17H29N5O6/c1-9(2)14(19)16(26)20-8-13(24)22-7-3-4-11(22)15(25)21-10(17(27)28)5-6-12(18)23/h9-11,14H,3-8,19H2,1-2H3,(H2,18,23)(H,20,26)(H,21,25)(H,27,28). The monoisotopic (exact) mass is 399 g/mol. The average Bonchev–Trinajstić information content (AvgIpc) is 3.11. The molecule has 11 nitrogen and oxygen atoms in total. The molecule has 3 atom stereocenters. The van der Waals surface area contributed by atoms with Crippen LogP contribution >= 0.6 is 0 Å². The zero-order valence-corrected chi connectivity index (χ0v) is 16.1. The predicted octanol–water partition coefficient (Wildman–Crippen LogP) is -2.09. The zero-order valence-electron chi connectivity index (χ0n) is 16.1. The van der Waals surface area contributed by atoms with Crippen LogP contribution in [0.15, 0.2) is 0 Å². The Morgan fingerprint density at radius 3 is 2.39 bits per heavy atom. The maximum Gasteiger partial charge on any atom is 0.326 e. The molecule has 4 amide bonds. The zero-order chi connectivity index (χ0) is 21.4. The van der Waals surface area contributed by atoms with Gasteiger partial charge >= 0.3 is 5.97 Å². The quantitative estimate of drug-likeness (QED) is 0.279. The lowest BCUT2D eigenvalue weighted by Crippen LogP contribution is -2.53. The highest BCUT2D eigenvalue weighted by Gasteiger charge is 2.36. The number of aliphatic carboxylic acids is 1. The molecule has 1 rings (SSSR count). The van der Waals surface area contributed by atoms with E-state index in [9.17, 15) is 29.1 Å². The van der Waals surface area contributed by atoms with Crippen molar-refractivity contribution in [2.75, 3.05) is 13.1 Å². The number of hydrogen-bond donors (Lipinski definition) is 5. The first-order chi connectivity index (χ1) is 13.0. The van der Waals surface area contributed by atoms with E-state index in [1.807, 2.05) is 0 Å². The highest BCUT2D eigenvalue weighted by Crippen LogP contribution is 2.18. The number of likely N-dealkylation sites (tertiary alicyclic amines) is 1. The van der Waals surface area contributed by atoms with Gasteiger partial charge in [0.1, 0.15) is 12.1 Å². The molecule has 0 aromatic carbocycles. The molecule has 1 aliphatic rings. The van der Waals surface area contributed by atoms with Gasteiger partial charge in [-0.25, -0.2) is 4.79 Å². The molecular formula is C17H29N5O6. The molecule has 0 radical (unpaired) electrons. The molecule has 0 bridgehead atoms. The Bertz CT molecular complexity index is 623. The Kier molecular flexibility index (Phi) is 8.83. The van der Waals surface area contributed by atoms with Crippen molar-refractivity contribution in [3.8, 4) is 0 Å². The highest BCUT2D eigenvalue weighted by molar-refractivity contribution is 5.93. The third kappa shape index (κ3) is 6.80. The maximum atomic E-state index is 12.5. The van der Waals surface area contributed by atoms with Crippen LogP contribution in [0.5, 0.6) is 0 Å². The summed E-state index contributed by atoms with van der Waals surface area (Å²) in [5.74, 6) is -3.58. The molecule has 0 aromatic rings. The number of nitrogens with zero attached hydrogens (tertiary/aromatic N) is 1. The van der Waals surface area contributed by atoms with Crippen LogP contribution in [0.4, 0.5) is 0 Å². The second-order valence-electron chi connectivity index (χ2n) is 7.14. The highest BCUT2D eigenvalue weighted by atomic mass is 16.4. The first-order valence-corrected chi connectivity index (χ1v) is 9.18. The van der Waals surface area contributed by atoms with Gasteiger partial charge in [-0.1, -0.05) is 13.8 Å². The summed E-state index contributed by atoms with van der Waals surface area (Å²) in [5, 5.41) is 14.0. The van der Waals surface area contributed by atoms with Crippen molar-refractivity contribution in [2.24, 2.45) is 17.4 Å². The maximum absolute atomic E-state index is 12.5. The van der Waals surface area contributed by atoms with Gasteiger partial charge in [0.25, 0.3) is 0 Å². The molecule has 11 heteroatoms. The van der Waals surface area contributed by atoms with Crippen molar-refractivity contribution in [1.29, 1.82) is 0 Å². The fourth-order valence-electron chi connectivity index (χ4n) is 2.83. The minimum absolute atomic E-state index is 0.0891. The molecule has 0 saturated carbocycles. The number of rotatable bonds is 10. The largest absolute Gasteiger partial charge is 0.480 e. The van der Waals surface area contributed by atoms with E-state index >= 15 is 0 Å². The minimum atomic E-state index is -1.29. The number of carboxylic acids is 1. The summed E-state index contributed by atoms with van der Waals surface area (Å²) in [7, 11) is 0. The Morgan fingerprint density at radius 2 is 1.86 bits per heavy atom. The number of nitrogens with two attached hydrogens (primary N) is 2. The van der Waals surface area contributed by atoms with Gasteiger partial charge in [-0.15, -0.1) is 0 Å². The average molecular weight is 399 g/mol. The number of carbonyl (C=O) groups is 5. The Balaban J connectivity index is 2.65. The van der Waals surface area contributed by atoms with Gasteiger partial charge in [0, 0.05) is 13.0 Å². The first-order valence-electron chi connectivity index (χ1n) is 9.18. The normalized spacial score (nSPS) is 18.4. The van der Waals surface area contributed by atoms with Crippen LogP contribution in [0.3, 0.4) is 0 Å². The third-order valence-corrected chi connectivity index (χ3v) is 4.60. The van der Waals surface area contributed by atoms with E-state index in [0.717, 1.165) is 0 Å². The molecule has 1 heterocycles. The summed E-state index contributed by atoms with van der Waals surface area (Å²) in [6.07, 6.45) is 0.619. The molecule has 158 valence electrons. The second kappa shape index (κ2) is 10.6.